The van der Waals surface area contributed by atoms with E-state index in [1.807, 2.05) is 19.9 Å². The van der Waals surface area contributed by atoms with Gasteiger partial charge in [0.05, 0.1) is 5.57 Å². The van der Waals surface area contributed by atoms with Gasteiger partial charge in [-0.1, -0.05) is 68.4 Å². The number of hydrogen-bond donors (Lipinski definition) is 1. The van der Waals surface area contributed by atoms with Crippen molar-refractivity contribution in [1.82, 2.24) is 5.32 Å². The molecule has 1 amide bonds. The monoisotopic (exact) mass is 606 g/mol. The van der Waals surface area contributed by atoms with E-state index >= 15 is 0 Å². The lowest BCUT2D eigenvalue weighted by molar-refractivity contribution is -0.174. The molecule has 1 N–H and O–H groups in total. The second-order valence-corrected chi connectivity index (χ2v) is 16.8. The van der Waals surface area contributed by atoms with Crippen molar-refractivity contribution in [2.75, 3.05) is 6.54 Å². The molecule has 43 heavy (non-hydrogen) atoms. The van der Waals surface area contributed by atoms with Gasteiger partial charge in [-0.2, -0.15) is 18.4 Å². The summed E-state index contributed by atoms with van der Waals surface area (Å²) >= 11 is 0. The van der Waals surface area contributed by atoms with Crippen LogP contribution in [0.5, 0.6) is 0 Å². The molecular weight excluding hydrogens is 553 g/mol. The number of fused-ring (bicyclic) bond motifs is 1. The van der Waals surface area contributed by atoms with E-state index in [0.717, 1.165) is 32.1 Å². The second-order valence-electron chi connectivity index (χ2n) is 16.8. The maximum absolute atomic E-state index is 13.3. The number of hydrogen-bond acceptors (Lipinski definition) is 4. The number of amides is 1. The summed E-state index contributed by atoms with van der Waals surface area (Å²) in [6.07, 6.45) is 2.65. The predicted octanol–water partition coefficient (Wildman–Crippen LogP) is 8.38. The molecule has 0 radical (unpaired) electrons. The Morgan fingerprint density at radius 2 is 1.67 bits per heavy atom. The van der Waals surface area contributed by atoms with Gasteiger partial charge in [0.2, 0.25) is 0 Å². The molecule has 3 rings (SSSR count). The Kier molecular flexibility index (Phi) is 9.30. The van der Waals surface area contributed by atoms with Gasteiger partial charge in [-0.15, -0.1) is 0 Å². The molecule has 6 atom stereocenters. The lowest BCUT2D eigenvalue weighted by Crippen LogP contribution is -2.60. The molecule has 3 aliphatic carbocycles. The highest BCUT2D eigenvalue weighted by Crippen LogP contribution is 2.68. The van der Waals surface area contributed by atoms with Crippen molar-refractivity contribution in [3.8, 4) is 6.07 Å². The largest absolute Gasteiger partial charge is 0.471 e. The Bertz CT molecular complexity index is 1210. The SMILES string of the molecule is CC(=O)CC1[C@@]2(C)C=C(C#N)C(=O)C(C)(C)C2CC[C@@]1(C)C(C)(C)CC[C@@]1(CNC(=O)C(F)(F)F)CCC(C)(C)CC1C. The molecule has 8 heteroatoms. The van der Waals surface area contributed by atoms with Gasteiger partial charge in [0.25, 0.3) is 0 Å². The average molecular weight is 607 g/mol. The molecule has 0 aromatic heterocycles. The highest BCUT2D eigenvalue weighted by Gasteiger charge is 2.63. The predicted molar refractivity (Wildman–Crippen MR) is 162 cm³/mol. The van der Waals surface area contributed by atoms with Crippen molar-refractivity contribution >= 4 is 17.5 Å². The van der Waals surface area contributed by atoms with Gasteiger partial charge in [-0.25, -0.2) is 0 Å². The molecule has 2 saturated carbocycles. The van der Waals surface area contributed by atoms with E-state index in [9.17, 15) is 32.8 Å². The van der Waals surface area contributed by atoms with Crippen molar-refractivity contribution in [1.29, 1.82) is 5.26 Å². The molecule has 0 spiro atoms. The average Bonchev–Trinajstić information content (AvgIpc) is 2.86. The Balaban J connectivity index is 2.02. The van der Waals surface area contributed by atoms with Crippen LogP contribution in [0.1, 0.15) is 121 Å². The van der Waals surface area contributed by atoms with Crippen LogP contribution >= 0.6 is 0 Å². The molecular formula is C35H53F3N2O3. The van der Waals surface area contributed by atoms with E-state index in [1.54, 1.807) is 6.92 Å². The number of ketones is 2. The van der Waals surface area contributed by atoms with Crippen LogP contribution in [0.25, 0.3) is 0 Å². The topological polar surface area (TPSA) is 87.0 Å². The zero-order valence-corrected chi connectivity index (χ0v) is 28.0. The van der Waals surface area contributed by atoms with Gasteiger partial charge < -0.3 is 10.1 Å². The fourth-order valence-electron chi connectivity index (χ4n) is 9.61. The van der Waals surface area contributed by atoms with Gasteiger partial charge in [-0.05, 0) is 96.7 Å². The molecule has 0 bridgehead atoms. The standard InChI is InChI=1S/C35H53F3N2O3/c1-22-18-29(3,4)13-15-34(22,21-40-28(43)35(36,37)38)16-14-30(5,6)33(10)12-11-25-31(7,8)27(42)24(20-39)19-32(25,9)26(33)17-23(2)41/h19,22,25-26H,11-18,21H2,1-10H3,(H,40,43)/t22?,25?,26?,32-,33+,34+/m0/s1. The number of halogens is 3. The zero-order valence-electron chi connectivity index (χ0n) is 28.0. The van der Waals surface area contributed by atoms with Crippen molar-refractivity contribution in [2.45, 2.75) is 127 Å². The van der Waals surface area contributed by atoms with Crippen LogP contribution in [-0.4, -0.2) is 30.2 Å². The summed E-state index contributed by atoms with van der Waals surface area (Å²) < 4.78 is 39.5. The van der Waals surface area contributed by atoms with Crippen LogP contribution in [0.3, 0.4) is 0 Å². The first-order valence-corrected chi connectivity index (χ1v) is 15.9. The van der Waals surface area contributed by atoms with E-state index in [1.165, 1.54) is 0 Å². The van der Waals surface area contributed by atoms with Crippen LogP contribution in [0, 0.1) is 61.6 Å². The minimum Gasteiger partial charge on any atom is -0.348 e. The summed E-state index contributed by atoms with van der Waals surface area (Å²) in [4.78, 5) is 38.0. The molecule has 0 aliphatic heterocycles. The van der Waals surface area contributed by atoms with E-state index in [-0.39, 0.29) is 57.7 Å². The van der Waals surface area contributed by atoms with E-state index < -0.39 is 28.3 Å². The lowest BCUT2D eigenvalue weighted by atomic mass is 9.39. The fourth-order valence-corrected chi connectivity index (χ4v) is 9.61. The molecule has 0 aromatic carbocycles. The maximum Gasteiger partial charge on any atom is 0.471 e. The van der Waals surface area contributed by atoms with Crippen LogP contribution in [0.2, 0.25) is 0 Å². The Labute approximate surface area is 256 Å². The van der Waals surface area contributed by atoms with Crippen LogP contribution in [0.15, 0.2) is 11.6 Å². The number of rotatable bonds is 8. The summed E-state index contributed by atoms with van der Waals surface area (Å²) in [5.41, 5.74) is -2.22. The molecule has 3 unspecified atom stereocenters. The number of carbonyl (C=O) groups excluding carboxylic acids is 3. The summed E-state index contributed by atoms with van der Waals surface area (Å²) in [5.74, 6) is -2.02. The van der Waals surface area contributed by atoms with Crippen molar-refractivity contribution < 1.29 is 27.6 Å². The second kappa shape index (κ2) is 11.3. The number of carbonyl (C=O) groups is 3. The molecule has 0 saturated heterocycles. The third-order valence-electron chi connectivity index (χ3n) is 12.8. The smallest absolute Gasteiger partial charge is 0.348 e. The first-order valence-electron chi connectivity index (χ1n) is 15.9. The number of nitrogens with one attached hydrogen (secondary N) is 1. The molecule has 2 fully saturated rings. The summed E-state index contributed by atoms with van der Waals surface area (Å²) in [5, 5.41) is 12.1. The first-order chi connectivity index (χ1) is 19.4. The Morgan fingerprint density at radius 3 is 2.19 bits per heavy atom. The quantitative estimate of drug-likeness (QED) is 0.301. The molecule has 242 valence electrons. The Hall–Kier alpha value is -2.17. The van der Waals surface area contributed by atoms with E-state index in [4.69, 9.17) is 0 Å². The minimum atomic E-state index is -4.93. The van der Waals surface area contributed by atoms with Crippen LogP contribution in [-0.2, 0) is 14.4 Å². The molecule has 0 heterocycles. The van der Waals surface area contributed by atoms with Gasteiger partial charge in [0.1, 0.15) is 11.9 Å². The highest BCUT2D eigenvalue weighted by molar-refractivity contribution is 6.04. The van der Waals surface area contributed by atoms with E-state index in [0.29, 0.717) is 19.3 Å². The van der Waals surface area contributed by atoms with Gasteiger partial charge in [0.15, 0.2) is 5.78 Å². The summed E-state index contributed by atoms with van der Waals surface area (Å²) in [6.45, 7) is 20.7. The van der Waals surface area contributed by atoms with Gasteiger partial charge in [-0.3, -0.25) is 9.59 Å². The summed E-state index contributed by atoms with van der Waals surface area (Å²) in [6, 6.07) is 2.14. The molecule has 5 nitrogen and oxygen atoms in total. The fraction of sp³-hybridized carbons (Fsp3) is 0.829. The van der Waals surface area contributed by atoms with E-state index in [2.05, 4.69) is 59.9 Å². The minimum absolute atomic E-state index is 0.0172. The third kappa shape index (κ3) is 6.34. The third-order valence-corrected chi connectivity index (χ3v) is 12.8. The lowest BCUT2D eigenvalue weighted by Gasteiger charge is -2.64. The van der Waals surface area contributed by atoms with Crippen LogP contribution < -0.4 is 5.32 Å². The Morgan fingerprint density at radius 1 is 1.07 bits per heavy atom. The van der Waals surface area contributed by atoms with Crippen molar-refractivity contribution in [3.63, 3.8) is 0 Å². The number of Topliss-reactive ketones (excluding diaryl/α,β-unsaturated/α-hetero) is 2. The first kappa shape index (κ1) is 35.3. The van der Waals surface area contributed by atoms with Crippen molar-refractivity contribution in [2.24, 2.45) is 50.2 Å². The van der Waals surface area contributed by atoms with Gasteiger partial charge in [0, 0.05) is 18.4 Å². The number of nitriles is 1. The molecule has 3 aliphatic rings. The number of alkyl halides is 3. The summed E-state index contributed by atoms with van der Waals surface area (Å²) in [7, 11) is 0. The maximum atomic E-state index is 13.3. The number of allylic oxidation sites excluding steroid dienone is 2. The highest BCUT2D eigenvalue weighted by atomic mass is 19.4. The van der Waals surface area contributed by atoms with Crippen molar-refractivity contribution in [3.05, 3.63) is 11.6 Å². The van der Waals surface area contributed by atoms with Gasteiger partial charge >= 0.3 is 12.1 Å². The molecule has 0 aromatic rings. The van der Waals surface area contributed by atoms with Crippen LogP contribution in [0.4, 0.5) is 13.2 Å². The normalized spacial score (nSPS) is 35.8. The zero-order chi connectivity index (χ0) is 33.0. The number of nitrogens with zero attached hydrogens (tertiary/aromatic N) is 1.